The van der Waals surface area contributed by atoms with Crippen LogP contribution in [0.2, 0.25) is 0 Å². The van der Waals surface area contributed by atoms with Gasteiger partial charge < -0.3 is 15.8 Å². The first-order valence-electron chi connectivity index (χ1n) is 7.55. The molecule has 1 unspecified atom stereocenters. The molecule has 118 valence electrons. The van der Waals surface area contributed by atoms with Gasteiger partial charge in [-0.2, -0.15) is 0 Å². The third-order valence-electron chi connectivity index (χ3n) is 3.37. The van der Waals surface area contributed by atoms with E-state index in [0.717, 1.165) is 38.1 Å². The molecule has 1 aliphatic rings. The third-order valence-corrected chi connectivity index (χ3v) is 4.69. The number of thiazole rings is 1. The number of aromatic nitrogens is 1. The van der Waals surface area contributed by atoms with Crippen molar-refractivity contribution in [2.75, 3.05) is 19.7 Å². The lowest BCUT2D eigenvalue weighted by Gasteiger charge is -2.13. The van der Waals surface area contributed by atoms with Crippen LogP contribution in [0.25, 0.3) is 0 Å². The van der Waals surface area contributed by atoms with E-state index in [1.807, 2.05) is 0 Å². The number of guanidine groups is 1. The molecule has 0 spiro atoms. The number of hydrogen-bond donors (Lipinski definition) is 2. The lowest BCUT2D eigenvalue weighted by molar-refractivity contribution is 0.118. The van der Waals surface area contributed by atoms with Gasteiger partial charge in [0.05, 0.1) is 23.4 Å². The Morgan fingerprint density at radius 2 is 2.38 bits per heavy atom. The number of hydrogen-bond acceptors (Lipinski definition) is 4. The average molecular weight is 310 g/mol. The molecule has 1 saturated heterocycles. The molecule has 6 heteroatoms. The van der Waals surface area contributed by atoms with Crippen LogP contribution >= 0.6 is 11.3 Å². The number of nitrogens with zero attached hydrogens (tertiary/aromatic N) is 2. The van der Waals surface area contributed by atoms with Gasteiger partial charge in [0.25, 0.3) is 0 Å². The summed E-state index contributed by atoms with van der Waals surface area (Å²) in [7, 11) is 0. The van der Waals surface area contributed by atoms with Crippen molar-refractivity contribution in [3.8, 4) is 0 Å². The highest BCUT2D eigenvalue weighted by molar-refractivity contribution is 7.09. The van der Waals surface area contributed by atoms with Crippen molar-refractivity contribution in [2.45, 2.75) is 51.6 Å². The van der Waals surface area contributed by atoms with Gasteiger partial charge in [-0.15, -0.1) is 11.3 Å². The van der Waals surface area contributed by atoms with Crippen molar-refractivity contribution in [3.05, 3.63) is 16.1 Å². The van der Waals surface area contributed by atoms with Crippen molar-refractivity contribution in [2.24, 2.45) is 10.7 Å². The quantitative estimate of drug-likeness (QED) is 0.645. The fraction of sp³-hybridized carbons (Fsp3) is 0.733. The maximum Gasteiger partial charge on any atom is 0.188 e. The molecule has 5 nitrogen and oxygen atoms in total. The Kier molecular flexibility index (Phi) is 5.58. The molecule has 0 saturated carbocycles. The zero-order chi connectivity index (χ0) is 15.3. The van der Waals surface area contributed by atoms with Crippen LogP contribution in [0.5, 0.6) is 0 Å². The van der Waals surface area contributed by atoms with E-state index in [0.29, 0.717) is 12.5 Å². The van der Waals surface area contributed by atoms with Crippen molar-refractivity contribution in [1.82, 2.24) is 10.3 Å². The molecule has 1 aromatic rings. The van der Waals surface area contributed by atoms with Gasteiger partial charge in [-0.25, -0.2) is 4.98 Å². The van der Waals surface area contributed by atoms with Crippen molar-refractivity contribution >= 4 is 17.3 Å². The maximum absolute atomic E-state index is 5.86. The Morgan fingerprint density at radius 1 is 1.57 bits per heavy atom. The molecule has 1 atom stereocenters. The smallest absolute Gasteiger partial charge is 0.188 e. The first-order valence-corrected chi connectivity index (χ1v) is 8.43. The van der Waals surface area contributed by atoms with Crippen LogP contribution in [-0.2, 0) is 16.6 Å². The minimum Gasteiger partial charge on any atom is -0.376 e. The minimum atomic E-state index is 0.123. The summed E-state index contributed by atoms with van der Waals surface area (Å²) in [6, 6.07) is 0. The van der Waals surface area contributed by atoms with Crippen LogP contribution in [0, 0.1) is 0 Å². The van der Waals surface area contributed by atoms with E-state index in [1.165, 1.54) is 5.01 Å². The fourth-order valence-corrected chi connectivity index (χ4v) is 3.07. The highest BCUT2D eigenvalue weighted by Gasteiger charge is 2.17. The van der Waals surface area contributed by atoms with E-state index < -0.39 is 0 Å². The van der Waals surface area contributed by atoms with Crippen LogP contribution < -0.4 is 11.1 Å². The summed E-state index contributed by atoms with van der Waals surface area (Å²) in [5.74, 6) is 0.497. The molecule has 1 aliphatic heterocycles. The second kappa shape index (κ2) is 7.22. The monoisotopic (exact) mass is 310 g/mol. The standard InChI is InChI=1S/C15H26N4OS/c1-15(2,3)13-19-11(10-21-13)6-7-17-14(16)18-9-12-5-4-8-20-12/h10,12H,4-9H2,1-3H3,(H3,16,17,18). The Bertz CT molecular complexity index is 472. The van der Waals surface area contributed by atoms with E-state index in [1.54, 1.807) is 11.3 Å². The SMILES string of the molecule is CC(C)(C)c1nc(CCNC(N)=NCC2CCCO2)cs1. The largest absolute Gasteiger partial charge is 0.376 e. The van der Waals surface area contributed by atoms with Crippen LogP contribution in [0.4, 0.5) is 0 Å². The molecule has 1 aromatic heterocycles. The van der Waals surface area contributed by atoms with Gasteiger partial charge in [-0.1, -0.05) is 20.8 Å². The lowest BCUT2D eigenvalue weighted by atomic mass is 9.98. The molecule has 0 amide bonds. The fourth-order valence-electron chi connectivity index (χ4n) is 2.13. The second-order valence-electron chi connectivity index (χ2n) is 6.43. The summed E-state index contributed by atoms with van der Waals surface area (Å²) >= 11 is 1.73. The first-order chi connectivity index (χ1) is 9.95. The van der Waals surface area contributed by atoms with Gasteiger partial charge >= 0.3 is 0 Å². The summed E-state index contributed by atoms with van der Waals surface area (Å²) in [5, 5.41) is 6.45. The third kappa shape index (κ3) is 5.28. The number of nitrogens with two attached hydrogens (primary N) is 1. The molecular weight excluding hydrogens is 284 g/mol. The highest BCUT2D eigenvalue weighted by Crippen LogP contribution is 2.25. The second-order valence-corrected chi connectivity index (χ2v) is 7.29. The van der Waals surface area contributed by atoms with Crippen LogP contribution in [0.3, 0.4) is 0 Å². The zero-order valence-corrected chi connectivity index (χ0v) is 14.0. The van der Waals surface area contributed by atoms with Gasteiger partial charge in [-0.3, -0.25) is 4.99 Å². The topological polar surface area (TPSA) is 72.5 Å². The van der Waals surface area contributed by atoms with E-state index in [-0.39, 0.29) is 11.5 Å². The summed E-state index contributed by atoms with van der Waals surface area (Å²) < 4.78 is 5.51. The zero-order valence-electron chi connectivity index (χ0n) is 13.2. The summed E-state index contributed by atoms with van der Waals surface area (Å²) in [6.07, 6.45) is 3.33. The Labute approximate surface area is 131 Å². The summed E-state index contributed by atoms with van der Waals surface area (Å²) in [4.78, 5) is 8.99. The maximum atomic E-state index is 5.86. The molecule has 0 aromatic carbocycles. The predicted molar refractivity (Wildman–Crippen MR) is 88.0 cm³/mol. The number of aliphatic imine (C=N–C) groups is 1. The van der Waals surface area contributed by atoms with Crippen molar-refractivity contribution in [1.29, 1.82) is 0 Å². The summed E-state index contributed by atoms with van der Waals surface area (Å²) in [5.41, 5.74) is 7.09. The minimum absolute atomic E-state index is 0.123. The number of nitrogens with one attached hydrogen (secondary N) is 1. The number of ether oxygens (including phenoxy) is 1. The average Bonchev–Trinajstić information content (AvgIpc) is 3.07. The van der Waals surface area contributed by atoms with Crippen molar-refractivity contribution in [3.63, 3.8) is 0 Å². The Balaban J connectivity index is 1.70. The lowest BCUT2D eigenvalue weighted by Crippen LogP contribution is -2.34. The molecule has 2 rings (SSSR count). The molecule has 0 radical (unpaired) electrons. The first kappa shape index (κ1) is 16.2. The molecule has 21 heavy (non-hydrogen) atoms. The van der Waals surface area contributed by atoms with Gasteiger partial charge in [0.15, 0.2) is 5.96 Å². The van der Waals surface area contributed by atoms with E-state index in [9.17, 15) is 0 Å². The Morgan fingerprint density at radius 3 is 3.00 bits per heavy atom. The van der Waals surface area contributed by atoms with E-state index in [4.69, 9.17) is 10.5 Å². The molecule has 0 bridgehead atoms. The highest BCUT2D eigenvalue weighted by atomic mass is 32.1. The molecule has 2 heterocycles. The van der Waals surface area contributed by atoms with Gasteiger partial charge in [0.1, 0.15) is 0 Å². The number of rotatable bonds is 5. The molecular formula is C15H26N4OS. The summed E-state index contributed by atoms with van der Waals surface area (Å²) in [6.45, 7) is 8.82. The molecule has 1 fully saturated rings. The van der Waals surface area contributed by atoms with Crippen LogP contribution in [-0.4, -0.2) is 36.7 Å². The molecule has 3 N–H and O–H groups in total. The Hall–Kier alpha value is -1.14. The van der Waals surface area contributed by atoms with Gasteiger partial charge in [-0.05, 0) is 12.8 Å². The van der Waals surface area contributed by atoms with Crippen LogP contribution in [0.1, 0.15) is 44.3 Å². The van der Waals surface area contributed by atoms with Crippen LogP contribution in [0.15, 0.2) is 10.4 Å². The predicted octanol–water partition coefficient (Wildman–Crippen LogP) is 2.07. The van der Waals surface area contributed by atoms with Gasteiger partial charge in [0.2, 0.25) is 0 Å². The van der Waals surface area contributed by atoms with Crippen molar-refractivity contribution < 1.29 is 4.74 Å². The van der Waals surface area contributed by atoms with E-state index in [2.05, 4.69) is 41.4 Å². The van der Waals surface area contributed by atoms with E-state index >= 15 is 0 Å². The molecule has 0 aliphatic carbocycles. The van der Waals surface area contributed by atoms with Gasteiger partial charge in [0, 0.05) is 30.4 Å². The normalized spacial score (nSPS) is 20.0.